The Labute approximate surface area is 102 Å². The van der Waals surface area contributed by atoms with Crippen molar-refractivity contribution in [2.24, 2.45) is 0 Å². The standard InChI is InChI=1S/C13H17N3O/c1-17-13-4-2-3-12(11-13)16-9-7-15(6-5-14)8-10-16/h2-4,11H,6-10H2,1H3. The van der Waals surface area contributed by atoms with Gasteiger partial charge in [0.2, 0.25) is 0 Å². The fourth-order valence-corrected chi connectivity index (χ4v) is 2.07. The van der Waals surface area contributed by atoms with Crippen molar-refractivity contribution in [1.82, 2.24) is 4.90 Å². The topological polar surface area (TPSA) is 39.5 Å². The summed E-state index contributed by atoms with van der Waals surface area (Å²) in [5.74, 6) is 0.891. The van der Waals surface area contributed by atoms with Crippen molar-refractivity contribution in [3.63, 3.8) is 0 Å². The van der Waals surface area contributed by atoms with Crippen LogP contribution in [0, 0.1) is 11.3 Å². The van der Waals surface area contributed by atoms with Crippen LogP contribution in [0.3, 0.4) is 0 Å². The molecule has 1 heterocycles. The summed E-state index contributed by atoms with van der Waals surface area (Å²) in [4.78, 5) is 4.51. The number of hydrogen-bond acceptors (Lipinski definition) is 4. The number of ether oxygens (including phenoxy) is 1. The monoisotopic (exact) mass is 231 g/mol. The van der Waals surface area contributed by atoms with Gasteiger partial charge < -0.3 is 9.64 Å². The molecule has 1 aliphatic heterocycles. The summed E-state index contributed by atoms with van der Waals surface area (Å²) in [5.41, 5.74) is 1.20. The van der Waals surface area contributed by atoms with E-state index in [-0.39, 0.29) is 0 Å². The van der Waals surface area contributed by atoms with E-state index >= 15 is 0 Å². The van der Waals surface area contributed by atoms with Gasteiger partial charge in [-0.05, 0) is 12.1 Å². The molecular weight excluding hydrogens is 214 g/mol. The molecular formula is C13H17N3O. The SMILES string of the molecule is COc1cccc(N2CCN(CC#N)CC2)c1. The van der Waals surface area contributed by atoms with Gasteiger partial charge in [0, 0.05) is 37.9 Å². The Hall–Kier alpha value is -1.73. The number of rotatable bonds is 3. The molecule has 0 amide bonds. The molecule has 17 heavy (non-hydrogen) atoms. The van der Waals surface area contributed by atoms with Crippen LogP contribution in [0.5, 0.6) is 5.75 Å². The van der Waals surface area contributed by atoms with Crippen molar-refractivity contribution >= 4 is 5.69 Å². The van der Waals surface area contributed by atoms with Crippen LogP contribution in [-0.4, -0.2) is 44.7 Å². The van der Waals surface area contributed by atoms with E-state index in [1.807, 2.05) is 12.1 Å². The van der Waals surface area contributed by atoms with Gasteiger partial charge in [0.15, 0.2) is 0 Å². The molecule has 1 aromatic rings. The second kappa shape index (κ2) is 5.55. The molecule has 0 saturated carbocycles. The molecule has 90 valence electrons. The lowest BCUT2D eigenvalue weighted by atomic mass is 10.2. The first-order valence-corrected chi connectivity index (χ1v) is 5.82. The fraction of sp³-hybridized carbons (Fsp3) is 0.462. The smallest absolute Gasteiger partial charge is 0.120 e. The Balaban J connectivity index is 1.98. The highest BCUT2D eigenvalue weighted by Gasteiger charge is 2.16. The zero-order valence-corrected chi connectivity index (χ0v) is 10.1. The van der Waals surface area contributed by atoms with Crippen molar-refractivity contribution in [1.29, 1.82) is 5.26 Å². The van der Waals surface area contributed by atoms with Gasteiger partial charge in [0.1, 0.15) is 5.75 Å². The first-order chi connectivity index (χ1) is 8.33. The van der Waals surface area contributed by atoms with Crippen LogP contribution in [0.25, 0.3) is 0 Å². The maximum atomic E-state index is 8.65. The summed E-state index contributed by atoms with van der Waals surface area (Å²) in [5, 5.41) is 8.65. The van der Waals surface area contributed by atoms with Crippen LogP contribution < -0.4 is 9.64 Å². The second-order valence-electron chi connectivity index (χ2n) is 4.12. The molecule has 0 aliphatic carbocycles. The number of anilines is 1. The molecule has 0 bridgehead atoms. The molecule has 2 rings (SSSR count). The number of hydrogen-bond donors (Lipinski definition) is 0. The molecule has 1 aliphatic rings. The Morgan fingerprint density at radius 2 is 2.06 bits per heavy atom. The minimum absolute atomic E-state index is 0.534. The highest BCUT2D eigenvalue weighted by atomic mass is 16.5. The third-order valence-corrected chi connectivity index (χ3v) is 3.09. The van der Waals surface area contributed by atoms with Crippen molar-refractivity contribution < 1.29 is 4.74 Å². The summed E-state index contributed by atoms with van der Waals surface area (Å²) in [7, 11) is 1.68. The van der Waals surface area contributed by atoms with Crippen molar-refractivity contribution in [2.45, 2.75) is 0 Å². The third-order valence-electron chi connectivity index (χ3n) is 3.09. The van der Waals surface area contributed by atoms with Crippen molar-refractivity contribution in [3.05, 3.63) is 24.3 Å². The highest BCUT2D eigenvalue weighted by Crippen LogP contribution is 2.21. The zero-order chi connectivity index (χ0) is 12.1. The average Bonchev–Trinajstić information content (AvgIpc) is 2.40. The van der Waals surface area contributed by atoms with E-state index in [2.05, 4.69) is 28.0 Å². The highest BCUT2D eigenvalue weighted by molar-refractivity contribution is 5.51. The Bertz CT molecular complexity index is 405. The predicted molar refractivity (Wildman–Crippen MR) is 67.3 cm³/mol. The molecule has 4 nitrogen and oxygen atoms in total. The van der Waals surface area contributed by atoms with E-state index in [1.165, 1.54) is 5.69 Å². The number of nitrogens with zero attached hydrogens (tertiary/aromatic N) is 3. The lowest BCUT2D eigenvalue weighted by Gasteiger charge is -2.35. The van der Waals surface area contributed by atoms with Gasteiger partial charge in [-0.2, -0.15) is 5.26 Å². The molecule has 0 radical (unpaired) electrons. The number of benzene rings is 1. The third kappa shape index (κ3) is 2.89. The molecule has 0 spiro atoms. The van der Waals surface area contributed by atoms with Crippen LogP contribution in [0.4, 0.5) is 5.69 Å². The molecule has 0 N–H and O–H groups in total. The van der Waals surface area contributed by atoms with E-state index in [4.69, 9.17) is 10.00 Å². The summed E-state index contributed by atoms with van der Waals surface area (Å²) in [6, 6.07) is 10.3. The van der Waals surface area contributed by atoms with E-state index in [0.717, 1.165) is 31.9 Å². The lowest BCUT2D eigenvalue weighted by molar-refractivity contribution is 0.287. The van der Waals surface area contributed by atoms with Gasteiger partial charge in [-0.25, -0.2) is 0 Å². The number of piperazine rings is 1. The summed E-state index contributed by atoms with van der Waals surface area (Å²) < 4.78 is 5.23. The van der Waals surface area contributed by atoms with Crippen LogP contribution in [0.15, 0.2) is 24.3 Å². The summed E-state index contributed by atoms with van der Waals surface area (Å²) in [6.45, 7) is 4.37. The van der Waals surface area contributed by atoms with Gasteiger partial charge >= 0.3 is 0 Å². The van der Waals surface area contributed by atoms with E-state index in [0.29, 0.717) is 6.54 Å². The fourth-order valence-electron chi connectivity index (χ4n) is 2.07. The molecule has 0 atom stereocenters. The van der Waals surface area contributed by atoms with Crippen LogP contribution in [0.2, 0.25) is 0 Å². The van der Waals surface area contributed by atoms with Gasteiger partial charge in [0.05, 0.1) is 19.7 Å². The van der Waals surface area contributed by atoms with Crippen molar-refractivity contribution in [2.75, 3.05) is 44.7 Å². The molecule has 1 saturated heterocycles. The van der Waals surface area contributed by atoms with E-state index in [1.54, 1.807) is 7.11 Å². The first kappa shape index (κ1) is 11.7. The maximum absolute atomic E-state index is 8.65. The van der Waals surface area contributed by atoms with E-state index in [9.17, 15) is 0 Å². The second-order valence-corrected chi connectivity index (χ2v) is 4.12. The molecule has 1 fully saturated rings. The zero-order valence-electron chi connectivity index (χ0n) is 10.1. The minimum Gasteiger partial charge on any atom is -0.497 e. The Kier molecular flexibility index (Phi) is 3.84. The Morgan fingerprint density at radius 3 is 2.71 bits per heavy atom. The van der Waals surface area contributed by atoms with Gasteiger partial charge in [-0.1, -0.05) is 6.07 Å². The summed E-state index contributed by atoms with van der Waals surface area (Å²) in [6.07, 6.45) is 0. The van der Waals surface area contributed by atoms with Gasteiger partial charge in [0.25, 0.3) is 0 Å². The lowest BCUT2D eigenvalue weighted by Crippen LogP contribution is -2.46. The number of methoxy groups -OCH3 is 1. The largest absolute Gasteiger partial charge is 0.497 e. The van der Waals surface area contributed by atoms with E-state index < -0.39 is 0 Å². The van der Waals surface area contributed by atoms with Gasteiger partial charge in [-0.3, -0.25) is 4.90 Å². The van der Waals surface area contributed by atoms with Crippen LogP contribution in [-0.2, 0) is 0 Å². The van der Waals surface area contributed by atoms with Gasteiger partial charge in [-0.15, -0.1) is 0 Å². The number of nitriles is 1. The normalized spacial score (nSPS) is 16.6. The van der Waals surface area contributed by atoms with Crippen LogP contribution >= 0.6 is 0 Å². The van der Waals surface area contributed by atoms with Crippen molar-refractivity contribution in [3.8, 4) is 11.8 Å². The average molecular weight is 231 g/mol. The quantitative estimate of drug-likeness (QED) is 0.736. The molecule has 0 aromatic heterocycles. The van der Waals surface area contributed by atoms with Crippen LogP contribution in [0.1, 0.15) is 0 Å². The predicted octanol–water partition coefficient (Wildman–Crippen LogP) is 1.34. The Morgan fingerprint density at radius 1 is 1.29 bits per heavy atom. The summed E-state index contributed by atoms with van der Waals surface area (Å²) >= 11 is 0. The maximum Gasteiger partial charge on any atom is 0.120 e. The molecule has 4 heteroatoms. The molecule has 1 aromatic carbocycles. The first-order valence-electron chi connectivity index (χ1n) is 5.82. The molecule has 0 unspecified atom stereocenters. The minimum atomic E-state index is 0.534.